The largest absolute Gasteiger partial charge is 0.550 e. The van der Waals surface area contributed by atoms with Crippen molar-refractivity contribution in [2.24, 2.45) is 5.16 Å². The van der Waals surface area contributed by atoms with Crippen molar-refractivity contribution in [3.05, 3.63) is 39.9 Å². The molecule has 0 spiro atoms. The highest BCUT2D eigenvalue weighted by Crippen LogP contribution is 2.31. The van der Waals surface area contributed by atoms with Crippen LogP contribution in [0.25, 0.3) is 0 Å². The number of rotatable bonds is 6. The summed E-state index contributed by atoms with van der Waals surface area (Å²) in [5, 5.41) is 28.8. The number of oxime groups is 1. The van der Waals surface area contributed by atoms with E-state index in [9.17, 15) is 24.8 Å². The summed E-state index contributed by atoms with van der Waals surface area (Å²) >= 11 is 0. The lowest BCUT2D eigenvalue weighted by Gasteiger charge is -2.30. The Kier molecular flexibility index (Phi) is 5.38. The van der Waals surface area contributed by atoms with Gasteiger partial charge in [0.05, 0.1) is 10.6 Å². The molecule has 1 N–H and O–H groups in total. The maximum atomic E-state index is 12.8. The van der Waals surface area contributed by atoms with Gasteiger partial charge >= 0.3 is 0 Å². The van der Waals surface area contributed by atoms with E-state index in [1.165, 1.54) is 24.3 Å². The fourth-order valence-corrected chi connectivity index (χ4v) is 3.50. The minimum absolute atomic E-state index is 0.00287. The number of carboxylic acids is 1. The Morgan fingerprint density at radius 3 is 2.48 bits per heavy atom. The first kappa shape index (κ1) is 18.8. The number of nitrogens with zero attached hydrogens (tertiary/aromatic N) is 2. The second-order valence-corrected chi connectivity index (χ2v) is 6.96. The van der Waals surface area contributed by atoms with Gasteiger partial charge < -0.3 is 20.1 Å². The smallest absolute Gasteiger partial charge is 0.269 e. The molecule has 9 nitrogen and oxygen atoms in total. The zero-order valence-electron chi connectivity index (χ0n) is 14.7. The number of carboxylic acid groups (broad SMARTS) is 1. The van der Waals surface area contributed by atoms with Gasteiger partial charge in [-0.2, -0.15) is 0 Å². The molecule has 1 aliphatic carbocycles. The zero-order chi connectivity index (χ0) is 19.4. The lowest BCUT2D eigenvalue weighted by atomic mass is 9.88. The fourth-order valence-electron chi connectivity index (χ4n) is 3.50. The monoisotopic (exact) mass is 374 g/mol. The van der Waals surface area contributed by atoms with Gasteiger partial charge in [-0.1, -0.05) is 24.4 Å². The molecule has 1 fully saturated rings. The van der Waals surface area contributed by atoms with E-state index in [1.807, 2.05) is 0 Å². The van der Waals surface area contributed by atoms with Gasteiger partial charge in [-0.3, -0.25) is 14.9 Å². The quantitative estimate of drug-likeness (QED) is 0.584. The second kappa shape index (κ2) is 7.73. The Balaban J connectivity index is 1.75. The number of nitro groups is 1. The minimum atomic E-state index is -1.66. The molecule has 0 bridgehead atoms. The average Bonchev–Trinajstić information content (AvgIpc) is 3.07. The van der Waals surface area contributed by atoms with E-state index in [2.05, 4.69) is 10.5 Å². The number of non-ortho nitro benzene ring substituents is 1. The number of nitro benzene ring substituents is 1. The van der Waals surface area contributed by atoms with Gasteiger partial charge in [0.15, 0.2) is 0 Å². The molecule has 144 valence electrons. The van der Waals surface area contributed by atoms with Crippen LogP contribution in [0.5, 0.6) is 0 Å². The summed E-state index contributed by atoms with van der Waals surface area (Å²) in [5.41, 5.74) is -0.835. The average molecular weight is 374 g/mol. The maximum Gasteiger partial charge on any atom is 0.269 e. The van der Waals surface area contributed by atoms with Crippen LogP contribution < -0.4 is 10.4 Å². The Labute approximate surface area is 155 Å². The lowest BCUT2D eigenvalue weighted by molar-refractivity contribution is -0.384. The fraction of sp³-hybridized carbons (Fsp3) is 0.500. The molecule has 0 radical (unpaired) electrons. The highest BCUT2D eigenvalue weighted by Gasteiger charge is 2.47. The summed E-state index contributed by atoms with van der Waals surface area (Å²) < 4.78 is 0. The van der Waals surface area contributed by atoms with Crippen molar-refractivity contribution in [3.63, 3.8) is 0 Å². The first-order valence-corrected chi connectivity index (χ1v) is 8.90. The summed E-state index contributed by atoms with van der Waals surface area (Å²) in [6, 6.07) is 5.62. The summed E-state index contributed by atoms with van der Waals surface area (Å²) in [4.78, 5) is 39.6. The number of benzene rings is 1. The number of hydrogen-bond donors (Lipinski definition) is 1. The first-order valence-electron chi connectivity index (χ1n) is 8.90. The van der Waals surface area contributed by atoms with E-state index in [0.29, 0.717) is 11.3 Å². The topological polar surface area (TPSA) is 134 Å². The van der Waals surface area contributed by atoms with Crippen LogP contribution in [0, 0.1) is 10.1 Å². The van der Waals surface area contributed by atoms with E-state index in [0.717, 1.165) is 32.1 Å². The van der Waals surface area contributed by atoms with E-state index in [4.69, 9.17) is 4.84 Å². The van der Waals surface area contributed by atoms with E-state index in [-0.39, 0.29) is 18.2 Å². The predicted molar refractivity (Wildman–Crippen MR) is 92.7 cm³/mol. The van der Waals surface area contributed by atoms with Crippen LogP contribution in [-0.4, -0.2) is 34.2 Å². The van der Waals surface area contributed by atoms with Crippen LogP contribution in [0.1, 0.15) is 50.5 Å². The summed E-state index contributed by atoms with van der Waals surface area (Å²) in [7, 11) is 0. The summed E-state index contributed by atoms with van der Waals surface area (Å²) in [6.07, 6.45) is 4.20. The van der Waals surface area contributed by atoms with Gasteiger partial charge in [-0.05, 0) is 30.5 Å². The molecule has 1 amide bonds. The number of hydrogen-bond acceptors (Lipinski definition) is 7. The third kappa shape index (κ3) is 4.24. The van der Waals surface area contributed by atoms with Crippen molar-refractivity contribution in [2.45, 2.75) is 56.6 Å². The molecule has 0 unspecified atom stereocenters. The standard InChI is InChI=1S/C18H21N3O6/c22-16(23)11-18(17(24)19-13-4-2-1-3-5-13)10-15(20-27-18)12-6-8-14(9-7-12)21(25)26/h6-9,13H,1-5,10-11H2,(H,19,24)(H,22,23)/p-1/t18-/m0/s1. The van der Waals surface area contributed by atoms with Crippen molar-refractivity contribution >= 4 is 23.3 Å². The minimum Gasteiger partial charge on any atom is -0.550 e. The first-order chi connectivity index (χ1) is 12.9. The lowest BCUT2D eigenvalue weighted by Crippen LogP contribution is -2.53. The van der Waals surface area contributed by atoms with E-state index < -0.39 is 28.8 Å². The van der Waals surface area contributed by atoms with Gasteiger partial charge in [-0.25, -0.2) is 0 Å². The van der Waals surface area contributed by atoms with Gasteiger partial charge in [0.25, 0.3) is 11.6 Å². The molecule has 0 saturated heterocycles. The molecule has 0 aromatic heterocycles. The number of amides is 1. The van der Waals surface area contributed by atoms with Crippen molar-refractivity contribution in [2.75, 3.05) is 0 Å². The Morgan fingerprint density at radius 1 is 1.22 bits per heavy atom. The van der Waals surface area contributed by atoms with Gasteiger partial charge in [-0.15, -0.1) is 0 Å². The Hall–Kier alpha value is -2.97. The van der Waals surface area contributed by atoms with Crippen molar-refractivity contribution < 1.29 is 24.5 Å². The van der Waals surface area contributed by atoms with Crippen LogP contribution in [0.2, 0.25) is 0 Å². The van der Waals surface area contributed by atoms with Crippen molar-refractivity contribution in [3.8, 4) is 0 Å². The van der Waals surface area contributed by atoms with Crippen molar-refractivity contribution in [1.82, 2.24) is 5.32 Å². The molecule has 1 aromatic rings. The maximum absolute atomic E-state index is 12.8. The van der Waals surface area contributed by atoms with Crippen molar-refractivity contribution in [1.29, 1.82) is 0 Å². The highest BCUT2D eigenvalue weighted by atomic mass is 16.7. The molecule has 1 saturated carbocycles. The number of carbonyl (C=O) groups excluding carboxylic acids is 2. The number of nitrogens with one attached hydrogen (secondary N) is 1. The molecule has 1 atom stereocenters. The third-order valence-corrected chi connectivity index (χ3v) is 4.98. The molecule has 27 heavy (non-hydrogen) atoms. The van der Waals surface area contributed by atoms with Gasteiger partial charge in [0.2, 0.25) is 5.60 Å². The normalized spacial score (nSPS) is 22.6. The molecule has 1 heterocycles. The van der Waals surface area contributed by atoms with Gasteiger partial charge in [0.1, 0.15) is 0 Å². The van der Waals surface area contributed by atoms with E-state index in [1.54, 1.807) is 0 Å². The molecule has 9 heteroatoms. The third-order valence-electron chi connectivity index (χ3n) is 4.98. The molecule has 1 aliphatic heterocycles. The highest BCUT2D eigenvalue weighted by molar-refractivity contribution is 6.06. The molecular formula is C18H20N3O6-. The van der Waals surface area contributed by atoms with Crippen LogP contribution in [-0.2, 0) is 14.4 Å². The molecule has 3 rings (SSSR count). The Morgan fingerprint density at radius 2 is 1.89 bits per heavy atom. The predicted octanol–water partition coefficient (Wildman–Crippen LogP) is 1.05. The molecule has 1 aromatic carbocycles. The van der Waals surface area contributed by atoms with Crippen LogP contribution in [0.4, 0.5) is 5.69 Å². The molecular weight excluding hydrogens is 354 g/mol. The number of carbonyl (C=O) groups is 2. The summed E-state index contributed by atoms with van der Waals surface area (Å²) in [5.74, 6) is -1.92. The van der Waals surface area contributed by atoms with Crippen LogP contribution in [0.15, 0.2) is 29.4 Å². The van der Waals surface area contributed by atoms with E-state index >= 15 is 0 Å². The SMILES string of the molecule is O=C([O-])C[C@]1(C(=O)NC2CCCCC2)CC(c2ccc([N+](=O)[O-])cc2)=NO1. The molecule has 2 aliphatic rings. The zero-order valence-corrected chi connectivity index (χ0v) is 14.7. The Bertz CT molecular complexity index is 770. The van der Waals surface area contributed by atoms with Crippen LogP contribution >= 0.6 is 0 Å². The van der Waals surface area contributed by atoms with Gasteiger partial charge in [0, 0.05) is 37.0 Å². The summed E-state index contributed by atoms with van der Waals surface area (Å²) in [6.45, 7) is 0. The van der Waals surface area contributed by atoms with Crippen LogP contribution in [0.3, 0.4) is 0 Å². The number of aliphatic carboxylic acids is 1. The second-order valence-electron chi connectivity index (χ2n) is 6.96.